The second kappa shape index (κ2) is 11.2. The molecule has 2 heterocycles. The molecule has 0 unspecified atom stereocenters. The molecule has 0 aromatic heterocycles. The quantitative estimate of drug-likeness (QED) is 0.572. The topological polar surface area (TPSA) is 63.6 Å². The molecule has 2 aliphatic rings. The smallest absolute Gasteiger partial charge is 0.273 e. The molecule has 0 spiro atoms. The maximum absolute atomic E-state index is 13.1. The second-order valence-corrected chi connectivity index (χ2v) is 8.30. The molecule has 33 heavy (non-hydrogen) atoms. The maximum atomic E-state index is 13.1. The Kier molecular flexibility index (Phi) is 7.83. The van der Waals surface area contributed by atoms with Gasteiger partial charge in [0.1, 0.15) is 12.4 Å². The number of likely N-dealkylation sites (tertiary alicyclic amines) is 1. The number of nitrogens with zero attached hydrogens (tertiary/aromatic N) is 3. The van der Waals surface area contributed by atoms with E-state index in [9.17, 15) is 4.79 Å². The largest absolute Gasteiger partial charge is 0.493 e. The van der Waals surface area contributed by atoms with Crippen LogP contribution in [0.3, 0.4) is 0 Å². The molecule has 7 nitrogen and oxygen atoms in total. The Morgan fingerprint density at radius 1 is 0.970 bits per heavy atom. The Bertz CT molecular complexity index is 968. The SMILES string of the molecule is CCOc1cc(C2=NN(C(=O)c3ccc(OCCN4CCCC4)cc3)CCC2)ccc1OC. The summed E-state index contributed by atoms with van der Waals surface area (Å²) >= 11 is 0. The van der Waals surface area contributed by atoms with E-state index in [0.29, 0.717) is 36.8 Å². The summed E-state index contributed by atoms with van der Waals surface area (Å²) in [4.78, 5) is 15.5. The molecule has 1 fully saturated rings. The fourth-order valence-corrected chi connectivity index (χ4v) is 4.26. The average molecular weight is 452 g/mol. The fraction of sp³-hybridized carbons (Fsp3) is 0.462. The zero-order valence-electron chi connectivity index (χ0n) is 19.6. The lowest BCUT2D eigenvalue weighted by atomic mass is 10.0. The Labute approximate surface area is 195 Å². The number of benzene rings is 2. The van der Waals surface area contributed by atoms with E-state index in [4.69, 9.17) is 14.2 Å². The van der Waals surface area contributed by atoms with Gasteiger partial charge >= 0.3 is 0 Å². The lowest BCUT2D eigenvalue weighted by Crippen LogP contribution is -2.32. The van der Waals surface area contributed by atoms with Gasteiger partial charge in [0.25, 0.3) is 5.91 Å². The Balaban J connectivity index is 1.40. The summed E-state index contributed by atoms with van der Waals surface area (Å²) in [6, 6.07) is 13.1. The van der Waals surface area contributed by atoms with Crippen LogP contribution in [0.4, 0.5) is 0 Å². The van der Waals surface area contributed by atoms with E-state index in [1.807, 2.05) is 49.4 Å². The van der Waals surface area contributed by atoms with Gasteiger partial charge in [-0.2, -0.15) is 5.10 Å². The number of amides is 1. The number of hydrogen-bond acceptors (Lipinski definition) is 6. The molecule has 0 bridgehead atoms. The molecule has 1 amide bonds. The van der Waals surface area contributed by atoms with Gasteiger partial charge < -0.3 is 14.2 Å². The first kappa shape index (κ1) is 23.1. The minimum atomic E-state index is -0.102. The standard InChI is InChI=1S/C26H33N3O4/c1-3-32-25-19-21(10-13-24(25)31-2)23-7-6-16-29(27-23)26(30)20-8-11-22(12-9-20)33-18-17-28-14-4-5-15-28/h8-13,19H,3-7,14-18H2,1-2H3. The van der Waals surface area contributed by atoms with Gasteiger partial charge in [-0.3, -0.25) is 9.69 Å². The van der Waals surface area contributed by atoms with E-state index in [1.54, 1.807) is 12.1 Å². The molecule has 7 heteroatoms. The van der Waals surface area contributed by atoms with Crippen molar-refractivity contribution in [3.8, 4) is 17.2 Å². The van der Waals surface area contributed by atoms with Crippen molar-refractivity contribution in [3.63, 3.8) is 0 Å². The van der Waals surface area contributed by atoms with Crippen LogP contribution in [0.2, 0.25) is 0 Å². The van der Waals surface area contributed by atoms with Gasteiger partial charge in [0, 0.05) is 24.2 Å². The van der Waals surface area contributed by atoms with Crippen LogP contribution in [0.25, 0.3) is 0 Å². The Morgan fingerprint density at radius 2 is 1.76 bits per heavy atom. The van der Waals surface area contributed by atoms with Crippen molar-refractivity contribution in [2.45, 2.75) is 32.6 Å². The van der Waals surface area contributed by atoms with Crippen molar-refractivity contribution < 1.29 is 19.0 Å². The number of carbonyl (C=O) groups is 1. The van der Waals surface area contributed by atoms with Crippen LogP contribution in [0.5, 0.6) is 17.2 Å². The van der Waals surface area contributed by atoms with Crippen molar-refractivity contribution in [1.29, 1.82) is 0 Å². The minimum Gasteiger partial charge on any atom is -0.493 e. The summed E-state index contributed by atoms with van der Waals surface area (Å²) < 4.78 is 16.9. The number of methoxy groups -OCH3 is 1. The van der Waals surface area contributed by atoms with E-state index in [1.165, 1.54) is 25.9 Å². The highest BCUT2D eigenvalue weighted by atomic mass is 16.5. The highest BCUT2D eigenvalue weighted by Gasteiger charge is 2.21. The van der Waals surface area contributed by atoms with E-state index in [-0.39, 0.29) is 5.91 Å². The van der Waals surface area contributed by atoms with Crippen LogP contribution in [0.15, 0.2) is 47.6 Å². The lowest BCUT2D eigenvalue weighted by molar-refractivity contribution is 0.0751. The lowest BCUT2D eigenvalue weighted by Gasteiger charge is -2.24. The molecule has 2 aliphatic heterocycles. The van der Waals surface area contributed by atoms with Crippen molar-refractivity contribution in [3.05, 3.63) is 53.6 Å². The van der Waals surface area contributed by atoms with Crippen LogP contribution in [-0.4, -0.2) is 68.0 Å². The molecular weight excluding hydrogens is 418 g/mol. The van der Waals surface area contributed by atoms with Crippen molar-refractivity contribution in [2.24, 2.45) is 5.10 Å². The van der Waals surface area contributed by atoms with Gasteiger partial charge in [-0.05, 0) is 88.2 Å². The van der Waals surface area contributed by atoms with Gasteiger partial charge in [0.15, 0.2) is 11.5 Å². The zero-order chi connectivity index (χ0) is 23.0. The summed E-state index contributed by atoms with van der Waals surface area (Å²) in [6.07, 6.45) is 4.23. The van der Waals surface area contributed by atoms with Crippen LogP contribution in [0.1, 0.15) is 48.5 Å². The van der Waals surface area contributed by atoms with Crippen LogP contribution >= 0.6 is 0 Å². The summed E-state index contributed by atoms with van der Waals surface area (Å²) in [7, 11) is 1.62. The van der Waals surface area contributed by atoms with Gasteiger partial charge in [-0.25, -0.2) is 5.01 Å². The minimum absolute atomic E-state index is 0.102. The van der Waals surface area contributed by atoms with E-state index < -0.39 is 0 Å². The molecule has 0 saturated carbocycles. The predicted molar refractivity (Wildman–Crippen MR) is 129 cm³/mol. The molecule has 2 aromatic rings. The zero-order valence-corrected chi connectivity index (χ0v) is 19.6. The van der Waals surface area contributed by atoms with Gasteiger partial charge in [-0.15, -0.1) is 0 Å². The third kappa shape index (κ3) is 5.85. The van der Waals surface area contributed by atoms with Gasteiger partial charge in [0.05, 0.1) is 19.4 Å². The predicted octanol–water partition coefficient (Wildman–Crippen LogP) is 4.21. The van der Waals surface area contributed by atoms with Crippen LogP contribution in [-0.2, 0) is 0 Å². The number of carbonyl (C=O) groups excluding carboxylic acids is 1. The first-order valence-corrected chi connectivity index (χ1v) is 11.8. The average Bonchev–Trinajstić information content (AvgIpc) is 3.38. The van der Waals surface area contributed by atoms with Crippen LogP contribution in [0, 0.1) is 0 Å². The normalized spacial score (nSPS) is 16.4. The summed E-state index contributed by atoms with van der Waals surface area (Å²) in [5.74, 6) is 2.06. The monoisotopic (exact) mass is 451 g/mol. The highest BCUT2D eigenvalue weighted by molar-refractivity contribution is 6.03. The summed E-state index contributed by atoms with van der Waals surface area (Å²) in [6.45, 7) is 7.03. The molecule has 2 aromatic carbocycles. The molecule has 1 saturated heterocycles. The third-order valence-electron chi connectivity index (χ3n) is 6.03. The molecular formula is C26H33N3O4. The van der Waals surface area contributed by atoms with E-state index >= 15 is 0 Å². The number of hydrogen-bond donors (Lipinski definition) is 0. The number of rotatable bonds is 9. The second-order valence-electron chi connectivity index (χ2n) is 8.30. The van der Waals surface area contributed by atoms with Crippen LogP contribution < -0.4 is 14.2 Å². The molecule has 0 atom stereocenters. The van der Waals surface area contributed by atoms with Crippen molar-refractivity contribution >= 4 is 11.6 Å². The summed E-state index contributed by atoms with van der Waals surface area (Å²) in [5.41, 5.74) is 2.43. The molecule has 0 aliphatic carbocycles. The van der Waals surface area contributed by atoms with E-state index in [2.05, 4.69) is 10.0 Å². The van der Waals surface area contributed by atoms with Gasteiger partial charge in [0.2, 0.25) is 0 Å². The summed E-state index contributed by atoms with van der Waals surface area (Å²) in [5, 5.41) is 6.23. The number of ether oxygens (including phenoxy) is 3. The Hall–Kier alpha value is -3.06. The first-order chi connectivity index (χ1) is 16.2. The van der Waals surface area contributed by atoms with Crippen molar-refractivity contribution in [1.82, 2.24) is 9.91 Å². The highest BCUT2D eigenvalue weighted by Crippen LogP contribution is 2.29. The molecule has 0 radical (unpaired) electrons. The third-order valence-corrected chi connectivity index (χ3v) is 6.03. The van der Waals surface area contributed by atoms with Crippen molar-refractivity contribution in [2.75, 3.05) is 46.5 Å². The number of hydrazone groups is 1. The Morgan fingerprint density at radius 3 is 2.48 bits per heavy atom. The molecule has 4 rings (SSSR count). The first-order valence-electron chi connectivity index (χ1n) is 11.8. The fourth-order valence-electron chi connectivity index (χ4n) is 4.26. The maximum Gasteiger partial charge on any atom is 0.273 e. The molecule has 176 valence electrons. The van der Waals surface area contributed by atoms with Gasteiger partial charge in [-0.1, -0.05) is 0 Å². The van der Waals surface area contributed by atoms with E-state index in [0.717, 1.165) is 36.4 Å². The molecule has 0 N–H and O–H groups in total.